The van der Waals surface area contributed by atoms with E-state index >= 15 is 0 Å². The van der Waals surface area contributed by atoms with Crippen LogP contribution in [0.2, 0.25) is 0 Å². The highest BCUT2D eigenvalue weighted by molar-refractivity contribution is 9.10. The van der Waals surface area contributed by atoms with Gasteiger partial charge in [0.25, 0.3) is 0 Å². The molecule has 35 heavy (non-hydrogen) atoms. The van der Waals surface area contributed by atoms with Crippen molar-refractivity contribution < 1.29 is 23.8 Å². The van der Waals surface area contributed by atoms with Crippen LogP contribution in [-0.4, -0.2) is 38.3 Å². The second-order valence-electron chi connectivity index (χ2n) is 8.90. The molecule has 1 unspecified atom stereocenters. The summed E-state index contributed by atoms with van der Waals surface area (Å²) in [5.74, 6) is -0.174. The fraction of sp³-hybridized carbons (Fsp3) is 0.393. The van der Waals surface area contributed by atoms with Gasteiger partial charge in [-0.1, -0.05) is 47.1 Å². The molecular formula is C28H30BrNO5. The number of methoxy groups -OCH3 is 2. The molecule has 1 aliphatic carbocycles. The first-order valence-electron chi connectivity index (χ1n) is 11.8. The van der Waals surface area contributed by atoms with Crippen LogP contribution < -0.4 is 9.47 Å². The predicted octanol–water partition coefficient (Wildman–Crippen LogP) is 5.99. The highest BCUT2D eigenvalue weighted by Gasteiger charge is 2.45. The molecule has 0 saturated heterocycles. The molecule has 0 bridgehead atoms. The monoisotopic (exact) mass is 539 g/mol. The third-order valence-corrected chi connectivity index (χ3v) is 7.43. The quantitative estimate of drug-likeness (QED) is 0.403. The molecule has 0 fully saturated rings. The summed E-state index contributed by atoms with van der Waals surface area (Å²) < 4.78 is 17.2. The lowest BCUT2D eigenvalue weighted by atomic mass is 9.69. The maximum Gasteiger partial charge on any atom is 0.315 e. The summed E-state index contributed by atoms with van der Waals surface area (Å²) in [6.07, 6.45) is 1.67. The number of nitrogens with zero attached hydrogens (tertiary/aromatic N) is 1. The molecule has 0 spiro atoms. The molecule has 2 aromatic rings. The van der Waals surface area contributed by atoms with Crippen LogP contribution in [0.25, 0.3) is 0 Å². The van der Waals surface area contributed by atoms with E-state index in [0.717, 1.165) is 27.7 Å². The number of esters is 1. The van der Waals surface area contributed by atoms with Crippen LogP contribution in [0, 0.1) is 5.92 Å². The Morgan fingerprint density at radius 1 is 1.09 bits per heavy atom. The van der Waals surface area contributed by atoms with E-state index in [4.69, 9.17) is 19.2 Å². The molecule has 0 aromatic heterocycles. The fourth-order valence-electron chi connectivity index (χ4n) is 5.06. The van der Waals surface area contributed by atoms with Crippen LogP contribution in [0.3, 0.4) is 0 Å². The Morgan fingerprint density at radius 2 is 1.83 bits per heavy atom. The van der Waals surface area contributed by atoms with E-state index in [9.17, 15) is 9.59 Å². The summed E-state index contributed by atoms with van der Waals surface area (Å²) in [7, 11) is 3.20. The largest absolute Gasteiger partial charge is 0.493 e. The molecule has 3 atom stereocenters. The predicted molar refractivity (Wildman–Crippen MR) is 138 cm³/mol. The topological polar surface area (TPSA) is 74.2 Å². The van der Waals surface area contributed by atoms with Crippen LogP contribution in [0.5, 0.6) is 11.5 Å². The number of ketones is 1. The van der Waals surface area contributed by atoms with Crippen LogP contribution in [0.4, 0.5) is 0 Å². The number of halogens is 1. The van der Waals surface area contributed by atoms with E-state index in [1.165, 1.54) is 0 Å². The first kappa shape index (κ1) is 25.2. The van der Waals surface area contributed by atoms with Gasteiger partial charge in [0.2, 0.25) is 0 Å². The van der Waals surface area contributed by atoms with Gasteiger partial charge < -0.3 is 14.2 Å². The molecule has 6 nitrogen and oxygen atoms in total. The van der Waals surface area contributed by atoms with Crippen molar-refractivity contribution in [3.8, 4) is 11.5 Å². The molecule has 0 amide bonds. The van der Waals surface area contributed by atoms with E-state index in [2.05, 4.69) is 15.9 Å². The first-order valence-corrected chi connectivity index (χ1v) is 12.6. The van der Waals surface area contributed by atoms with Gasteiger partial charge in [0.15, 0.2) is 17.3 Å². The van der Waals surface area contributed by atoms with E-state index in [0.29, 0.717) is 42.2 Å². The van der Waals surface area contributed by atoms with Gasteiger partial charge in [-0.05, 0) is 55.0 Å². The number of carbonyl (C=O) groups excluding carboxylic acids is 2. The molecular weight excluding hydrogens is 510 g/mol. The Morgan fingerprint density at radius 3 is 2.51 bits per heavy atom. The average Bonchev–Trinajstić information content (AvgIpc) is 2.86. The van der Waals surface area contributed by atoms with Crippen molar-refractivity contribution in [3.63, 3.8) is 0 Å². The van der Waals surface area contributed by atoms with Gasteiger partial charge in [-0.15, -0.1) is 0 Å². The minimum atomic E-state index is -0.638. The van der Waals surface area contributed by atoms with Gasteiger partial charge in [0, 0.05) is 33.8 Å². The second-order valence-corrected chi connectivity index (χ2v) is 9.76. The number of carbonyl (C=O) groups is 2. The van der Waals surface area contributed by atoms with Crippen molar-refractivity contribution in [2.45, 2.75) is 44.9 Å². The van der Waals surface area contributed by atoms with E-state index in [-0.39, 0.29) is 17.7 Å². The molecule has 1 heterocycles. The summed E-state index contributed by atoms with van der Waals surface area (Å²) >= 11 is 3.64. The number of hydrogen-bond acceptors (Lipinski definition) is 6. The van der Waals surface area contributed by atoms with Crippen molar-refractivity contribution in [2.24, 2.45) is 10.9 Å². The van der Waals surface area contributed by atoms with Crippen molar-refractivity contribution in [1.82, 2.24) is 0 Å². The van der Waals surface area contributed by atoms with E-state index in [1.807, 2.05) is 56.3 Å². The lowest BCUT2D eigenvalue weighted by Gasteiger charge is -2.37. The average molecular weight is 540 g/mol. The summed E-state index contributed by atoms with van der Waals surface area (Å²) in [5.41, 5.74) is 3.94. The van der Waals surface area contributed by atoms with Crippen molar-refractivity contribution in [2.75, 3.05) is 20.8 Å². The van der Waals surface area contributed by atoms with Gasteiger partial charge in [-0.25, -0.2) is 0 Å². The maximum atomic E-state index is 13.7. The Hall–Kier alpha value is -2.93. The number of benzene rings is 2. The SMILES string of the molecule is CCCOC(=O)C1C(C)=NC2=C(C(=O)C[C@@H](c3ccc(OC)c(OC)c3)C2)[C@@H]1c1ccccc1Br. The van der Waals surface area contributed by atoms with Crippen LogP contribution in [0.1, 0.15) is 56.1 Å². The third-order valence-electron chi connectivity index (χ3n) is 6.71. The van der Waals surface area contributed by atoms with E-state index < -0.39 is 11.8 Å². The Labute approximate surface area is 214 Å². The molecule has 2 aromatic carbocycles. The molecule has 184 valence electrons. The van der Waals surface area contributed by atoms with Gasteiger partial charge in [-0.3, -0.25) is 14.6 Å². The Bertz CT molecular complexity index is 1200. The number of hydrogen-bond donors (Lipinski definition) is 0. The number of rotatable bonds is 7. The lowest BCUT2D eigenvalue weighted by Crippen LogP contribution is -2.38. The van der Waals surface area contributed by atoms with Crippen molar-refractivity contribution in [3.05, 3.63) is 69.3 Å². The summed E-state index contributed by atoms with van der Waals surface area (Å²) in [4.78, 5) is 31.7. The second kappa shape index (κ2) is 10.8. The van der Waals surface area contributed by atoms with Gasteiger partial charge in [0.1, 0.15) is 5.92 Å². The van der Waals surface area contributed by atoms with Gasteiger partial charge in [-0.2, -0.15) is 0 Å². The molecule has 0 N–H and O–H groups in total. The third kappa shape index (κ3) is 4.92. The number of allylic oxidation sites excluding steroid dienone is 2. The van der Waals surface area contributed by atoms with Crippen molar-refractivity contribution >= 4 is 33.4 Å². The normalized spacial score (nSPS) is 21.8. The van der Waals surface area contributed by atoms with E-state index in [1.54, 1.807) is 14.2 Å². The summed E-state index contributed by atoms with van der Waals surface area (Å²) in [6.45, 7) is 4.16. The fourth-order valence-corrected chi connectivity index (χ4v) is 5.59. The van der Waals surface area contributed by atoms with Crippen LogP contribution in [-0.2, 0) is 14.3 Å². The smallest absolute Gasteiger partial charge is 0.315 e. The van der Waals surface area contributed by atoms with Gasteiger partial charge in [0.05, 0.1) is 20.8 Å². The maximum absolute atomic E-state index is 13.7. The zero-order valence-corrected chi connectivity index (χ0v) is 22.1. The number of aliphatic imine (C=N–C) groups is 1. The molecule has 1 aliphatic heterocycles. The van der Waals surface area contributed by atoms with Crippen LogP contribution in [0.15, 0.2) is 63.2 Å². The Balaban J connectivity index is 1.77. The standard InChI is InChI=1S/C28H30BrNO5/c1-5-12-35-28(32)25-16(2)30-21-13-18(17-10-11-23(33-3)24(15-17)34-4)14-22(31)27(21)26(25)19-8-6-7-9-20(19)29/h6-11,15,18,25-26H,5,12-14H2,1-4H3/t18-,25?,26+/m0/s1. The molecule has 4 rings (SSSR count). The number of Topliss-reactive ketones (excluding diaryl/α,β-unsaturated/α-hetero) is 1. The summed E-state index contributed by atoms with van der Waals surface area (Å²) in [6, 6.07) is 13.5. The molecule has 7 heteroatoms. The Kier molecular flexibility index (Phi) is 7.75. The highest BCUT2D eigenvalue weighted by atomic mass is 79.9. The number of ether oxygens (including phenoxy) is 3. The van der Waals surface area contributed by atoms with Gasteiger partial charge >= 0.3 is 5.97 Å². The molecule has 0 saturated carbocycles. The summed E-state index contributed by atoms with van der Waals surface area (Å²) in [5, 5.41) is 0. The van der Waals surface area contributed by atoms with Crippen molar-refractivity contribution in [1.29, 1.82) is 0 Å². The van der Waals surface area contributed by atoms with Crippen LogP contribution >= 0.6 is 15.9 Å². The zero-order chi connectivity index (χ0) is 25.1. The first-order chi connectivity index (χ1) is 16.9. The lowest BCUT2D eigenvalue weighted by molar-refractivity contribution is -0.146. The molecule has 0 radical (unpaired) electrons. The minimum Gasteiger partial charge on any atom is -0.493 e. The minimum absolute atomic E-state index is 0.0105. The zero-order valence-electron chi connectivity index (χ0n) is 20.5. The molecule has 2 aliphatic rings. The highest BCUT2D eigenvalue weighted by Crippen LogP contribution is 2.48.